The van der Waals surface area contributed by atoms with E-state index in [1.165, 1.54) is 25.7 Å². The van der Waals surface area contributed by atoms with Crippen LogP contribution in [-0.2, 0) is 9.59 Å². The van der Waals surface area contributed by atoms with E-state index in [2.05, 4.69) is 15.8 Å². The molecule has 1 saturated carbocycles. The maximum atomic E-state index is 11.7. The molecule has 0 unspecified atom stereocenters. The molecule has 5 heteroatoms. The Bertz CT molecular complexity index is 317. The van der Waals surface area contributed by atoms with Gasteiger partial charge in [0, 0.05) is 6.04 Å². The molecular formula is C11H17N3O2. The van der Waals surface area contributed by atoms with Crippen LogP contribution in [0.1, 0.15) is 44.9 Å². The summed E-state index contributed by atoms with van der Waals surface area (Å²) in [4.78, 5) is 22.6. The molecule has 0 aromatic rings. The predicted octanol–water partition coefficient (Wildman–Crippen LogP) is 0.701. The number of carbonyl (C=O) groups is 2. The van der Waals surface area contributed by atoms with Crippen molar-refractivity contribution in [1.82, 2.24) is 10.7 Å². The molecule has 1 heterocycles. The van der Waals surface area contributed by atoms with Crippen molar-refractivity contribution in [3.63, 3.8) is 0 Å². The largest absolute Gasteiger partial charge is 0.348 e. The number of nitrogens with zero attached hydrogens (tertiary/aromatic N) is 1. The monoisotopic (exact) mass is 223 g/mol. The van der Waals surface area contributed by atoms with Crippen LogP contribution in [0.4, 0.5) is 0 Å². The lowest BCUT2D eigenvalue weighted by atomic mass is 10.1. The van der Waals surface area contributed by atoms with E-state index in [0.717, 1.165) is 12.8 Å². The Balaban J connectivity index is 1.84. The van der Waals surface area contributed by atoms with Gasteiger partial charge in [0.15, 0.2) is 0 Å². The van der Waals surface area contributed by atoms with Gasteiger partial charge < -0.3 is 5.32 Å². The first-order valence-electron chi connectivity index (χ1n) is 5.92. The van der Waals surface area contributed by atoms with Crippen molar-refractivity contribution in [2.45, 2.75) is 51.0 Å². The number of hydrogen-bond acceptors (Lipinski definition) is 3. The summed E-state index contributed by atoms with van der Waals surface area (Å²) in [6.45, 7) is 0. The second-order valence-corrected chi connectivity index (χ2v) is 4.43. The third kappa shape index (κ3) is 2.81. The van der Waals surface area contributed by atoms with Crippen molar-refractivity contribution < 1.29 is 9.59 Å². The third-order valence-electron chi connectivity index (χ3n) is 3.10. The van der Waals surface area contributed by atoms with Gasteiger partial charge in [-0.25, -0.2) is 5.43 Å². The Morgan fingerprint density at radius 3 is 2.50 bits per heavy atom. The lowest BCUT2D eigenvalue weighted by Gasteiger charge is -2.15. The SMILES string of the molecule is O=C1CC(C(=O)NC2CCCCCC2)=NN1. The van der Waals surface area contributed by atoms with E-state index in [1.54, 1.807) is 0 Å². The lowest BCUT2D eigenvalue weighted by molar-refractivity contribution is -0.120. The second kappa shape index (κ2) is 5.09. The Labute approximate surface area is 94.7 Å². The summed E-state index contributed by atoms with van der Waals surface area (Å²) in [6, 6.07) is 0.258. The minimum absolute atomic E-state index is 0.110. The Kier molecular flexibility index (Phi) is 3.54. The van der Waals surface area contributed by atoms with Crippen LogP contribution in [0.2, 0.25) is 0 Å². The first kappa shape index (κ1) is 11.1. The summed E-state index contributed by atoms with van der Waals surface area (Å²) in [5, 5.41) is 6.67. The molecule has 0 aromatic carbocycles. The molecule has 0 aromatic heterocycles. The molecule has 2 N–H and O–H groups in total. The average molecular weight is 223 g/mol. The molecule has 0 spiro atoms. The van der Waals surface area contributed by atoms with Crippen molar-refractivity contribution >= 4 is 17.5 Å². The van der Waals surface area contributed by atoms with Gasteiger partial charge in [-0.1, -0.05) is 25.7 Å². The number of hydrogen-bond donors (Lipinski definition) is 2. The first-order chi connectivity index (χ1) is 7.75. The zero-order chi connectivity index (χ0) is 11.4. The van der Waals surface area contributed by atoms with E-state index in [9.17, 15) is 9.59 Å². The molecule has 0 bridgehead atoms. The highest BCUT2D eigenvalue weighted by molar-refractivity contribution is 6.43. The van der Waals surface area contributed by atoms with Crippen LogP contribution in [0.5, 0.6) is 0 Å². The smallest absolute Gasteiger partial charge is 0.268 e. The summed E-state index contributed by atoms with van der Waals surface area (Å²) in [5.41, 5.74) is 2.60. The topological polar surface area (TPSA) is 70.6 Å². The molecule has 0 radical (unpaired) electrons. The summed E-state index contributed by atoms with van der Waals surface area (Å²) in [5.74, 6) is -0.392. The molecule has 1 fully saturated rings. The summed E-state index contributed by atoms with van der Waals surface area (Å²) in [7, 11) is 0. The minimum Gasteiger partial charge on any atom is -0.348 e. The number of carbonyl (C=O) groups excluding carboxylic acids is 2. The normalized spacial score (nSPS) is 22.2. The molecule has 2 amide bonds. The van der Waals surface area contributed by atoms with E-state index < -0.39 is 0 Å². The molecule has 1 aliphatic heterocycles. The maximum Gasteiger partial charge on any atom is 0.268 e. The maximum absolute atomic E-state index is 11.7. The summed E-state index contributed by atoms with van der Waals surface area (Å²) < 4.78 is 0. The molecule has 5 nitrogen and oxygen atoms in total. The van der Waals surface area contributed by atoms with Gasteiger partial charge in [0.2, 0.25) is 5.91 Å². The highest BCUT2D eigenvalue weighted by atomic mass is 16.2. The van der Waals surface area contributed by atoms with Crippen LogP contribution in [0.25, 0.3) is 0 Å². The highest BCUT2D eigenvalue weighted by Gasteiger charge is 2.23. The lowest BCUT2D eigenvalue weighted by Crippen LogP contribution is -2.38. The van der Waals surface area contributed by atoms with E-state index >= 15 is 0 Å². The van der Waals surface area contributed by atoms with E-state index in [1.807, 2.05) is 0 Å². The zero-order valence-electron chi connectivity index (χ0n) is 9.29. The minimum atomic E-state index is -0.203. The molecular weight excluding hydrogens is 206 g/mol. The number of amides is 2. The van der Waals surface area contributed by atoms with Crippen molar-refractivity contribution in [3.05, 3.63) is 0 Å². The number of hydrazone groups is 1. The molecule has 1 aliphatic carbocycles. The van der Waals surface area contributed by atoms with Crippen molar-refractivity contribution in [2.75, 3.05) is 0 Å². The fourth-order valence-corrected chi connectivity index (χ4v) is 2.18. The van der Waals surface area contributed by atoms with Crippen molar-refractivity contribution in [3.8, 4) is 0 Å². The van der Waals surface area contributed by atoms with Gasteiger partial charge in [0.25, 0.3) is 5.91 Å². The molecule has 88 valence electrons. The van der Waals surface area contributed by atoms with Crippen molar-refractivity contribution in [1.29, 1.82) is 0 Å². The fraction of sp³-hybridized carbons (Fsp3) is 0.727. The van der Waals surface area contributed by atoms with Crippen LogP contribution < -0.4 is 10.7 Å². The third-order valence-corrected chi connectivity index (χ3v) is 3.10. The second-order valence-electron chi connectivity index (χ2n) is 4.43. The molecule has 2 rings (SSSR count). The van der Waals surface area contributed by atoms with Gasteiger partial charge in [-0.15, -0.1) is 0 Å². The standard InChI is InChI=1S/C11H17N3O2/c15-10-7-9(13-14-10)11(16)12-8-5-3-1-2-4-6-8/h8H,1-7H2,(H,12,16)(H,14,15). The van der Waals surface area contributed by atoms with Crippen LogP contribution >= 0.6 is 0 Å². The molecule has 0 atom stereocenters. The van der Waals surface area contributed by atoms with Crippen LogP contribution in [0, 0.1) is 0 Å². The fourth-order valence-electron chi connectivity index (χ4n) is 2.18. The van der Waals surface area contributed by atoms with Crippen LogP contribution in [0.3, 0.4) is 0 Å². The van der Waals surface area contributed by atoms with Crippen molar-refractivity contribution in [2.24, 2.45) is 5.10 Å². The zero-order valence-corrected chi connectivity index (χ0v) is 9.29. The number of rotatable bonds is 2. The Morgan fingerprint density at radius 2 is 1.94 bits per heavy atom. The van der Waals surface area contributed by atoms with Gasteiger partial charge in [0.1, 0.15) is 5.71 Å². The molecule has 0 saturated heterocycles. The molecule has 16 heavy (non-hydrogen) atoms. The Morgan fingerprint density at radius 1 is 1.25 bits per heavy atom. The average Bonchev–Trinajstić information content (AvgIpc) is 2.54. The van der Waals surface area contributed by atoms with Gasteiger partial charge in [-0.3, -0.25) is 9.59 Å². The van der Waals surface area contributed by atoms with Crippen LogP contribution in [-0.4, -0.2) is 23.6 Å². The Hall–Kier alpha value is -1.39. The van der Waals surface area contributed by atoms with E-state index in [-0.39, 0.29) is 24.3 Å². The van der Waals surface area contributed by atoms with Crippen LogP contribution in [0.15, 0.2) is 5.10 Å². The predicted molar refractivity (Wildman–Crippen MR) is 59.8 cm³/mol. The quantitative estimate of drug-likeness (QED) is 0.676. The van der Waals surface area contributed by atoms with Gasteiger partial charge in [0.05, 0.1) is 6.42 Å². The molecule has 2 aliphatic rings. The van der Waals surface area contributed by atoms with E-state index in [0.29, 0.717) is 5.71 Å². The highest BCUT2D eigenvalue weighted by Crippen LogP contribution is 2.17. The summed E-state index contributed by atoms with van der Waals surface area (Å²) in [6.07, 6.45) is 7.06. The summed E-state index contributed by atoms with van der Waals surface area (Å²) >= 11 is 0. The number of nitrogens with one attached hydrogen (secondary N) is 2. The first-order valence-corrected chi connectivity index (χ1v) is 5.92. The van der Waals surface area contributed by atoms with Gasteiger partial charge in [-0.05, 0) is 12.8 Å². The van der Waals surface area contributed by atoms with Gasteiger partial charge in [-0.2, -0.15) is 5.10 Å². The van der Waals surface area contributed by atoms with E-state index in [4.69, 9.17) is 0 Å². The van der Waals surface area contributed by atoms with Gasteiger partial charge >= 0.3 is 0 Å².